The van der Waals surface area contributed by atoms with Gasteiger partial charge in [0, 0.05) is 55.2 Å². The van der Waals surface area contributed by atoms with Crippen molar-refractivity contribution in [1.29, 1.82) is 0 Å². The fourth-order valence-electron chi connectivity index (χ4n) is 3.82. The molecular formula is C22H23N3O3S. The van der Waals surface area contributed by atoms with Crippen LogP contribution in [0.3, 0.4) is 0 Å². The summed E-state index contributed by atoms with van der Waals surface area (Å²) in [6.45, 7) is 0.315. The maximum atomic E-state index is 13.2. The number of carbonyl (C=O) groups is 1. The second kappa shape index (κ2) is 7.50. The number of amides is 1. The van der Waals surface area contributed by atoms with E-state index in [1.54, 1.807) is 17.0 Å². The molecule has 0 aromatic heterocycles. The molecule has 29 heavy (non-hydrogen) atoms. The molecule has 1 saturated heterocycles. The average molecular weight is 410 g/mol. The number of rotatable bonds is 5. The van der Waals surface area contributed by atoms with Gasteiger partial charge in [0.05, 0.1) is 4.90 Å². The molecule has 1 amide bonds. The van der Waals surface area contributed by atoms with Crippen LogP contribution in [-0.4, -0.2) is 41.0 Å². The zero-order valence-electron chi connectivity index (χ0n) is 16.4. The van der Waals surface area contributed by atoms with E-state index in [1.165, 1.54) is 0 Å². The lowest BCUT2D eigenvalue weighted by atomic mass is 10.1. The van der Waals surface area contributed by atoms with Gasteiger partial charge < -0.3 is 9.80 Å². The molecule has 1 atom stereocenters. The van der Waals surface area contributed by atoms with Gasteiger partial charge in [-0.25, -0.2) is 13.1 Å². The Hall–Kier alpha value is -2.90. The van der Waals surface area contributed by atoms with Crippen molar-refractivity contribution in [2.45, 2.75) is 17.4 Å². The number of hydrogen-bond donors (Lipinski definition) is 1. The summed E-state index contributed by atoms with van der Waals surface area (Å²) in [6, 6.07) is 19.7. The molecule has 3 aromatic rings. The van der Waals surface area contributed by atoms with Crippen LogP contribution in [0.4, 0.5) is 11.4 Å². The summed E-state index contributed by atoms with van der Waals surface area (Å²) in [6.07, 6.45) is 0.141. The summed E-state index contributed by atoms with van der Waals surface area (Å²) in [5, 5.41) is 1.53. The normalized spacial score (nSPS) is 17.1. The van der Waals surface area contributed by atoms with E-state index < -0.39 is 16.1 Å². The van der Waals surface area contributed by atoms with Gasteiger partial charge in [-0.3, -0.25) is 4.79 Å². The lowest BCUT2D eigenvalue weighted by molar-refractivity contribution is -0.117. The number of carbonyl (C=O) groups excluding carboxylic acids is 1. The van der Waals surface area contributed by atoms with E-state index in [2.05, 4.69) is 4.72 Å². The monoisotopic (exact) mass is 409 g/mol. The van der Waals surface area contributed by atoms with Gasteiger partial charge in [0.1, 0.15) is 0 Å². The molecule has 0 radical (unpaired) electrons. The Morgan fingerprint density at radius 1 is 0.931 bits per heavy atom. The van der Waals surface area contributed by atoms with Crippen LogP contribution in [0.25, 0.3) is 10.8 Å². The van der Waals surface area contributed by atoms with Crippen molar-refractivity contribution in [1.82, 2.24) is 4.72 Å². The molecular weight excluding hydrogens is 386 g/mol. The Kier molecular flexibility index (Phi) is 5.02. The third-order valence-corrected chi connectivity index (χ3v) is 6.72. The number of nitrogens with one attached hydrogen (secondary N) is 1. The highest BCUT2D eigenvalue weighted by atomic mass is 32.2. The van der Waals surface area contributed by atoms with Crippen LogP contribution < -0.4 is 14.5 Å². The summed E-state index contributed by atoms with van der Waals surface area (Å²) in [4.78, 5) is 16.2. The van der Waals surface area contributed by atoms with E-state index >= 15 is 0 Å². The number of benzene rings is 3. The minimum atomic E-state index is -3.79. The molecule has 3 aromatic carbocycles. The first-order valence-electron chi connectivity index (χ1n) is 9.43. The summed E-state index contributed by atoms with van der Waals surface area (Å²) in [7, 11) is 0.0650. The maximum absolute atomic E-state index is 13.2. The predicted molar refractivity (Wildman–Crippen MR) is 116 cm³/mol. The fourth-order valence-corrected chi connectivity index (χ4v) is 5.26. The smallest absolute Gasteiger partial charge is 0.241 e. The maximum Gasteiger partial charge on any atom is 0.241 e. The molecule has 4 rings (SSSR count). The van der Waals surface area contributed by atoms with Crippen molar-refractivity contribution in [2.24, 2.45) is 0 Å². The van der Waals surface area contributed by atoms with Crippen LogP contribution in [-0.2, 0) is 14.8 Å². The summed E-state index contributed by atoms with van der Waals surface area (Å²) in [5.74, 6) is -0.0864. The summed E-state index contributed by atoms with van der Waals surface area (Å²) >= 11 is 0. The molecule has 1 heterocycles. The quantitative estimate of drug-likeness (QED) is 0.703. The SMILES string of the molecule is CN(C)c1cccc2c(S(=O)(=O)NC3CC(=O)N(c4ccccc4)C3)cccc12. The first-order valence-corrected chi connectivity index (χ1v) is 10.9. The molecule has 0 bridgehead atoms. The molecule has 150 valence electrons. The lowest BCUT2D eigenvalue weighted by Crippen LogP contribution is -2.37. The molecule has 0 saturated carbocycles. The molecule has 0 aliphatic carbocycles. The van der Waals surface area contributed by atoms with Crippen molar-refractivity contribution < 1.29 is 13.2 Å². The summed E-state index contributed by atoms with van der Waals surface area (Å²) in [5.41, 5.74) is 1.73. The van der Waals surface area contributed by atoms with Crippen LogP contribution in [0.1, 0.15) is 6.42 Å². The van der Waals surface area contributed by atoms with E-state index in [-0.39, 0.29) is 17.2 Å². The molecule has 1 aliphatic rings. The minimum Gasteiger partial charge on any atom is -0.377 e. The van der Waals surface area contributed by atoms with Gasteiger partial charge >= 0.3 is 0 Å². The van der Waals surface area contributed by atoms with Crippen LogP contribution in [0, 0.1) is 0 Å². The van der Waals surface area contributed by atoms with Gasteiger partial charge in [-0.2, -0.15) is 0 Å². The van der Waals surface area contributed by atoms with Crippen LogP contribution in [0.2, 0.25) is 0 Å². The average Bonchev–Trinajstić information content (AvgIpc) is 3.06. The third kappa shape index (κ3) is 3.71. The third-order valence-electron chi connectivity index (χ3n) is 5.15. The highest BCUT2D eigenvalue weighted by Gasteiger charge is 2.34. The molecule has 1 unspecified atom stereocenters. The van der Waals surface area contributed by atoms with E-state index in [4.69, 9.17) is 0 Å². The van der Waals surface area contributed by atoms with E-state index in [9.17, 15) is 13.2 Å². The number of hydrogen-bond acceptors (Lipinski definition) is 4. The van der Waals surface area contributed by atoms with E-state index in [0.717, 1.165) is 16.8 Å². The number of nitrogens with zero attached hydrogens (tertiary/aromatic N) is 2. The Morgan fingerprint density at radius 2 is 1.62 bits per heavy atom. The Balaban J connectivity index is 1.63. The van der Waals surface area contributed by atoms with Crippen molar-refractivity contribution >= 4 is 38.1 Å². The first-order chi connectivity index (χ1) is 13.9. The van der Waals surface area contributed by atoms with Crippen LogP contribution in [0.5, 0.6) is 0 Å². The van der Waals surface area contributed by atoms with Gasteiger partial charge in [0.15, 0.2) is 0 Å². The van der Waals surface area contributed by atoms with Gasteiger partial charge in [-0.1, -0.05) is 42.5 Å². The van der Waals surface area contributed by atoms with Gasteiger partial charge in [-0.05, 0) is 24.3 Å². The largest absolute Gasteiger partial charge is 0.377 e. The van der Waals surface area contributed by atoms with Crippen molar-refractivity contribution in [2.75, 3.05) is 30.4 Å². The molecule has 1 aliphatic heterocycles. The number of sulfonamides is 1. The topological polar surface area (TPSA) is 69.7 Å². The second-order valence-corrected chi connectivity index (χ2v) is 9.07. The highest BCUT2D eigenvalue weighted by molar-refractivity contribution is 7.89. The fraction of sp³-hybridized carbons (Fsp3) is 0.227. The van der Waals surface area contributed by atoms with Gasteiger partial charge in [0.2, 0.25) is 15.9 Å². The standard InChI is InChI=1S/C22H23N3O3S/c1-24(2)20-12-6-11-19-18(20)10-7-13-21(19)29(27,28)23-16-14-22(26)25(15-16)17-8-4-3-5-9-17/h3-13,16,23H,14-15H2,1-2H3. The van der Waals surface area contributed by atoms with Crippen molar-refractivity contribution in [3.63, 3.8) is 0 Å². The van der Waals surface area contributed by atoms with Gasteiger partial charge in [0.25, 0.3) is 0 Å². The predicted octanol–water partition coefficient (Wildman–Crippen LogP) is 2.99. The second-order valence-electron chi connectivity index (χ2n) is 7.39. The molecule has 6 nitrogen and oxygen atoms in total. The lowest BCUT2D eigenvalue weighted by Gasteiger charge is -2.19. The Bertz CT molecular complexity index is 1160. The highest BCUT2D eigenvalue weighted by Crippen LogP contribution is 2.30. The van der Waals surface area contributed by atoms with Crippen LogP contribution in [0.15, 0.2) is 71.6 Å². The number of fused-ring (bicyclic) bond motifs is 1. The van der Waals surface area contributed by atoms with Gasteiger partial charge in [-0.15, -0.1) is 0 Å². The van der Waals surface area contributed by atoms with E-state index in [0.29, 0.717) is 11.9 Å². The number of para-hydroxylation sites is 1. The zero-order valence-corrected chi connectivity index (χ0v) is 17.2. The molecule has 1 fully saturated rings. The first kappa shape index (κ1) is 19.4. The Morgan fingerprint density at radius 3 is 2.34 bits per heavy atom. The van der Waals surface area contributed by atoms with E-state index in [1.807, 2.05) is 73.6 Å². The number of anilines is 2. The molecule has 1 N–H and O–H groups in total. The van der Waals surface area contributed by atoms with Crippen molar-refractivity contribution in [3.8, 4) is 0 Å². The van der Waals surface area contributed by atoms with Crippen molar-refractivity contribution in [3.05, 3.63) is 66.7 Å². The molecule has 7 heteroatoms. The minimum absolute atomic E-state index is 0.0864. The molecule has 0 spiro atoms. The van der Waals surface area contributed by atoms with Crippen LogP contribution >= 0.6 is 0 Å². The summed E-state index contributed by atoms with van der Waals surface area (Å²) < 4.78 is 29.1. The zero-order chi connectivity index (χ0) is 20.6. The Labute approximate surface area is 170 Å².